The predicted molar refractivity (Wildman–Crippen MR) is 67.1 cm³/mol. The van der Waals surface area contributed by atoms with E-state index < -0.39 is 0 Å². The second-order valence-corrected chi connectivity index (χ2v) is 3.64. The fourth-order valence-electron chi connectivity index (χ4n) is 1.68. The lowest BCUT2D eigenvalue weighted by atomic mass is 10.1. The summed E-state index contributed by atoms with van der Waals surface area (Å²) < 4.78 is 10.6. The molecule has 0 spiro atoms. The summed E-state index contributed by atoms with van der Waals surface area (Å²) >= 11 is 0. The molecule has 0 aromatic heterocycles. The van der Waals surface area contributed by atoms with Gasteiger partial charge in [0.1, 0.15) is 0 Å². The van der Waals surface area contributed by atoms with Crippen LogP contribution in [0.15, 0.2) is 18.2 Å². The third kappa shape index (κ3) is 3.44. The van der Waals surface area contributed by atoms with Gasteiger partial charge in [-0.15, -0.1) is 0 Å². The number of rotatable bonds is 4. The number of aryl methyl sites for hydroxylation is 1. The number of benzene rings is 1. The van der Waals surface area contributed by atoms with Crippen LogP contribution < -0.4 is 9.47 Å². The smallest absolute Gasteiger partial charge is 0.231 e. The van der Waals surface area contributed by atoms with Crippen LogP contribution in [-0.2, 0) is 6.42 Å². The fraction of sp³-hybridized carbons (Fsp3) is 0.571. The van der Waals surface area contributed by atoms with Crippen LogP contribution in [0.2, 0.25) is 0 Å². The first kappa shape index (κ1) is 12.9. The molecule has 0 aliphatic carbocycles. The van der Waals surface area contributed by atoms with Crippen LogP contribution in [0.1, 0.15) is 45.6 Å². The van der Waals surface area contributed by atoms with Crippen molar-refractivity contribution >= 4 is 0 Å². The Balaban J connectivity index is 0.000000606. The van der Waals surface area contributed by atoms with Crippen LogP contribution in [0.4, 0.5) is 0 Å². The zero-order valence-corrected chi connectivity index (χ0v) is 10.6. The third-order valence-electron chi connectivity index (χ3n) is 2.51. The maximum absolute atomic E-state index is 5.32. The van der Waals surface area contributed by atoms with Gasteiger partial charge in [-0.1, -0.05) is 39.7 Å². The molecule has 16 heavy (non-hydrogen) atoms. The van der Waals surface area contributed by atoms with Gasteiger partial charge in [0.15, 0.2) is 11.5 Å². The minimum atomic E-state index is 0.369. The minimum absolute atomic E-state index is 0.369. The summed E-state index contributed by atoms with van der Waals surface area (Å²) in [4.78, 5) is 0. The lowest BCUT2D eigenvalue weighted by molar-refractivity contribution is 0.174. The van der Waals surface area contributed by atoms with Crippen molar-refractivity contribution in [2.45, 2.75) is 46.5 Å². The molecule has 1 aliphatic rings. The Kier molecular flexibility index (Phi) is 5.76. The van der Waals surface area contributed by atoms with Gasteiger partial charge in [0.25, 0.3) is 0 Å². The summed E-state index contributed by atoms with van der Waals surface area (Å²) in [7, 11) is 0. The van der Waals surface area contributed by atoms with Crippen LogP contribution >= 0.6 is 0 Å². The van der Waals surface area contributed by atoms with Crippen molar-refractivity contribution in [2.24, 2.45) is 0 Å². The first-order valence-electron chi connectivity index (χ1n) is 6.28. The van der Waals surface area contributed by atoms with Crippen molar-refractivity contribution < 1.29 is 9.47 Å². The molecule has 0 saturated carbocycles. The van der Waals surface area contributed by atoms with Crippen molar-refractivity contribution in [1.82, 2.24) is 0 Å². The molecule has 0 bridgehead atoms. The molecule has 0 amide bonds. The lowest BCUT2D eigenvalue weighted by Crippen LogP contribution is -1.92. The van der Waals surface area contributed by atoms with Gasteiger partial charge in [0.2, 0.25) is 6.79 Å². The van der Waals surface area contributed by atoms with Crippen molar-refractivity contribution in [3.05, 3.63) is 23.8 Å². The summed E-state index contributed by atoms with van der Waals surface area (Å²) in [6.45, 7) is 6.59. The SMILES string of the molecule is CC.CCCCCc1ccc2c(c1)OCO2. The zero-order chi connectivity index (χ0) is 11.8. The highest BCUT2D eigenvalue weighted by Crippen LogP contribution is 2.32. The van der Waals surface area contributed by atoms with Gasteiger partial charge < -0.3 is 9.47 Å². The zero-order valence-electron chi connectivity index (χ0n) is 10.6. The van der Waals surface area contributed by atoms with E-state index >= 15 is 0 Å². The van der Waals surface area contributed by atoms with E-state index in [1.165, 1.54) is 24.8 Å². The van der Waals surface area contributed by atoms with Crippen molar-refractivity contribution in [2.75, 3.05) is 6.79 Å². The summed E-state index contributed by atoms with van der Waals surface area (Å²) in [6.07, 6.45) is 4.97. The van der Waals surface area contributed by atoms with Gasteiger partial charge >= 0.3 is 0 Å². The van der Waals surface area contributed by atoms with E-state index in [4.69, 9.17) is 9.47 Å². The van der Waals surface area contributed by atoms with Gasteiger partial charge in [0, 0.05) is 0 Å². The predicted octanol–water partition coefficient (Wildman–Crippen LogP) is 4.17. The van der Waals surface area contributed by atoms with E-state index in [-0.39, 0.29) is 0 Å². The maximum Gasteiger partial charge on any atom is 0.231 e. The Morgan fingerprint density at radius 3 is 2.56 bits per heavy atom. The Morgan fingerprint density at radius 2 is 1.81 bits per heavy atom. The normalized spacial score (nSPS) is 11.9. The molecule has 0 unspecified atom stereocenters. The van der Waals surface area contributed by atoms with E-state index in [9.17, 15) is 0 Å². The molecule has 0 atom stereocenters. The molecule has 0 N–H and O–H groups in total. The molecule has 1 aromatic rings. The van der Waals surface area contributed by atoms with E-state index in [0.29, 0.717) is 6.79 Å². The molecule has 2 rings (SSSR count). The van der Waals surface area contributed by atoms with Crippen LogP contribution in [0.5, 0.6) is 11.5 Å². The van der Waals surface area contributed by atoms with Gasteiger partial charge in [-0.05, 0) is 30.5 Å². The van der Waals surface area contributed by atoms with E-state index in [0.717, 1.165) is 17.9 Å². The van der Waals surface area contributed by atoms with E-state index in [1.54, 1.807) is 0 Å². The molecule has 2 heteroatoms. The number of fused-ring (bicyclic) bond motifs is 1. The second kappa shape index (κ2) is 7.15. The van der Waals surface area contributed by atoms with Crippen molar-refractivity contribution in [1.29, 1.82) is 0 Å². The molecule has 1 heterocycles. The van der Waals surface area contributed by atoms with E-state index in [1.807, 2.05) is 19.9 Å². The summed E-state index contributed by atoms with van der Waals surface area (Å²) in [6, 6.07) is 6.23. The Bertz CT molecular complexity index is 308. The van der Waals surface area contributed by atoms with Crippen LogP contribution in [0, 0.1) is 0 Å². The number of hydrogen-bond acceptors (Lipinski definition) is 2. The monoisotopic (exact) mass is 222 g/mol. The number of hydrogen-bond donors (Lipinski definition) is 0. The minimum Gasteiger partial charge on any atom is -0.454 e. The highest BCUT2D eigenvalue weighted by Gasteiger charge is 2.12. The molecule has 1 aliphatic heterocycles. The average Bonchev–Trinajstić information content (AvgIpc) is 2.79. The standard InChI is InChI=1S/C12H16O2.C2H6/c1-2-3-4-5-10-6-7-11-12(8-10)14-9-13-11;1-2/h6-8H,2-5,9H2,1H3;1-2H3. The number of unbranched alkanes of at least 4 members (excludes halogenated alkanes) is 2. The van der Waals surface area contributed by atoms with Crippen LogP contribution in [0.3, 0.4) is 0 Å². The Morgan fingerprint density at radius 1 is 1.06 bits per heavy atom. The van der Waals surface area contributed by atoms with E-state index in [2.05, 4.69) is 19.1 Å². The third-order valence-corrected chi connectivity index (χ3v) is 2.51. The van der Waals surface area contributed by atoms with Gasteiger partial charge in [-0.3, -0.25) is 0 Å². The Labute approximate surface area is 98.6 Å². The molecule has 90 valence electrons. The largest absolute Gasteiger partial charge is 0.454 e. The lowest BCUT2D eigenvalue weighted by Gasteiger charge is -2.02. The van der Waals surface area contributed by atoms with Crippen LogP contribution in [0.25, 0.3) is 0 Å². The van der Waals surface area contributed by atoms with Gasteiger partial charge in [-0.25, -0.2) is 0 Å². The van der Waals surface area contributed by atoms with Crippen molar-refractivity contribution in [3.63, 3.8) is 0 Å². The molecule has 2 nitrogen and oxygen atoms in total. The topological polar surface area (TPSA) is 18.5 Å². The summed E-state index contributed by atoms with van der Waals surface area (Å²) in [5.41, 5.74) is 1.35. The fourth-order valence-corrected chi connectivity index (χ4v) is 1.68. The highest BCUT2D eigenvalue weighted by atomic mass is 16.7. The summed E-state index contributed by atoms with van der Waals surface area (Å²) in [5.74, 6) is 1.78. The molecular formula is C14H22O2. The maximum atomic E-state index is 5.32. The Hall–Kier alpha value is -1.18. The molecular weight excluding hydrogens is 200 g/mol. The van der Waals surface area contributed by atoms with Crippen molar-refractivity contribution in [3.8, 4) is 11.5 Å². The average molecular weight is 222 g/mol. The second-order valence-electron chi connectivity index (χ2n) is 3.64. The first-order chi connectivity index (χ1) is 7.90. The first-order valence-corrected chi connectivity index (χ1v) is 6.28. The number of ether oxygens (including phenoxy) is 2. The molecule has 0 saturated heterocycles. The van der Waals surface area contributed by atoms with Crippen LogP contribution in [-0.4, -0.2) is 6.79 Å². The summed E-state index contributed by atoms with van der Waals surface area (Å²) in [5, 5.41) is 0. The highest BCUT2D eigenvalue weighted by molar-refractivity contribution is 5.44. The molecule has 0 radical (unpaired) electrons. The van der Waals surface area contributed by atoms with Gasteiger partial charge in [0.05, 0.1) is 0 Å². The quantitative estimate of drug-likeness (QED) is 0.712. The molecule has 1 aromatic carbocycles. The van der Waals surface area contributed by atoms with Gasteiger partial charge in [-0.2, -0.15) is 0 Å². The molecule has 0 fully saturated rings.